The van der Waals surface area contributed by atoms with E-state index in [-0.39, 0.29) is 34.4 Å². The molecular formula is C19H29N3O4. The molecule has 0 saturated carbocycles. The van der Waals surface area contributed by atoms with E-state index in [0.717, 1.165) is 13.0 Å². The van der Waals surface area contributed by atoms with Crippen LogP contribution in [0.25, 0.3) is 0 Å². The van der Waals surface area contributed by atoms with Gasteiger partial charge in [-0.1, -0.05) is 6.07 Å². The lowest BCUT2D eigenvalue weighted by Crippen LogP contribution is -2.46. The van der Waals surface area contributed by atoms with E-state index < -0.39 is 0 Å². The van der Waals surface area contributed by atoms with Crippen molar-refractivity contribution in [3.63, 3.8) is 0 Å². The van der Waals surface area contributed by atoms with Crippen LogP contribution >= 0.6 is 0 Å². The molecule has 1 aromatic rings. The number of benzene rings is 1. The first kappa shape index (κ1) is 20.0. The van der Waals surface area contributed by atoms with Gasteiger partial charge in [0, 0.05) is 31.7 Å². The number of ether oxygens (including phenoxy) is 1. The lowest BCUT2D eigenvalue weighted by molar-refractivity contribution is -0.123. The molecule has 0 bridgehead atoms. The van der Waals surface area contributed by atoms with Gasteiger partial charge in [-0.25, -0.2) is 0 Å². The van der Waals surface area contributed by atoms with Crippen LogP contribution in [0.1, 0.15) is 37.6 Å². The van der Waals surface area contributed by atoms with E-state index in [4.69, 9.17) is 4.74 Å². The highest BCUT2D eigenvalue weighted by Gasteiger charge is 2.25. The lowest BCUT2D eigenvalue weighted by atomic mass is 10.1. The van der Waals surface area contributed by atoms with Crippen molar-refractivity contribution in [1.82, 2.24) is 15.1 Å². The Kier molecular flexibility index (Phi) is 6.47. The van der Waals surface area contributed by atoms with Crippen LogP contribution in [0.3, 0.4) is 0 Å². The molecule has 0 spiro atoms. The normalized spacial score (nSPS) is 16.1. The maximum Gasteiger partial charge on any atom is 0.257 e. The summed E-state index contributed by atoms with van der Waals surface area (Å²) in [5.74, 6) is -0.0816. The summed E-state index contributed by atoms with van der Waals surface area (Å²) in [4.78, 5) is 28.7. The minimum absolute atomic E-state index is 0.0114. The van der Waals surface area contributed by atoms with Crippen LogP contribution in [0.15, 0.2) is 18.2 Å². The van der Waals surface area contributed by atoms with Crippen molar-refractivity contribution >= 4 is 11.8 Å². The van der Waals surface area contributed by atoms with E-state index in [1.807, 2.05) is 20.8 Å². The highest BCUT2D eigenvalue weighted by molar-refractivity contribution is 5.97. The van der Waals surface area contributed by atoms with Gasteiger partial charge in [0.05, 0.1) is 19.2 Å². The van der Waals surface area contributed by atoms with E-state index in [2.05, 4.69) is 10.2 Å². The van der Waals surface area contributed by atoms with Gasteiger partial charge in [0.25, 0.3) is 5.91 Å². The average Bonchev–Trinajstić information content (AvgIpc) is 2.78. The maximum atomic E-state index is 12.8. The SMILES string of the molecule is COc1cccc(C(=O)N2CCCN(CC(=O)NC(C)(C)C)CC2)c1O. The van der Waals surface area contributed by atoms with Gasteiger partial charge >= 0.3 is 0 Å². The number of rotatable bonds is 4. The number of methoxy groups -OCH3 is 1. The number of phenolic OH excluding ortho intramolecular Hbond substituents is 1. The number of carbonyl (C=O) groups excluding carboxylic acids is 2. The zero-order valence-corrected chi connectivity index (χ0v) is 16.0. The second-order valence-corrected chi connectivity index (χ2v) is 7.58. The summed E-state index contributed by atoms with van der Waals surface area (Å²) < 4.78 is 5.07. The number of hydrogen-bond acceptors (Lipinski definition) is 5. The van der Waals surface area contributed by atoms with Crippen LogP contribution in [0.4, 0.5) is 0 Å². The fourth-order valence-corrected chi connectivity index (χ4v) is 3.02. The second-order valence-electron chi connectivity index (χ2n) is 7.58. The van der Waals surface area contributed by atoms with Crippen molar-refractivity contribution in [1.29, 1.82) is 0 Å². The average molecular weight is 363 g/mol. The summed E-state index contributed by atoms with van der Waals surface area (Å²) in [5.41, 5.74) is -0.0160. The van der Waals surface area contributed by atoms with Gasteiger partial charge in [-0.3, -0.25) is 14.5 Å². The summed E-state index contributed by atoms with van der Waals surface area (Å²) in [6.45, 7) is 8.66. The zero-order valence-electron chi connectivity index (χ0n) is 16.0. The molecule has 1 heterocycles. The van der Waals surface area contributed by atoms with E-state index >= 15 is 0 Å². The topological polar surface area (TPSA) is 82.1 Å². The maximum absolute atomic E-state index is 12.8. The quantitative estimate of drug-likeness (QED) is 0.846. The molecule has 1 aliphatic heterocycles. The van der Waals surface area contributed by atoms with Crippen molar-refractivity contribution < 1.29 is 19.4 Å². The molecule has 0 aromatic heterocycles. The molecule has 0 aliphatic carbocycles. The number of amides is 2. The third-order valence-electron chi connectivity index (χ3n) is 4.21. The number of aromatic hydroxyl groups is 1. The van der Waals surface area contributed by atoms with E-state index in [0.29, 0.717) is 26.2 Å². The van der Waals surface area contributed by atoms with Crippen LogP contribution in [0.5, 0.6) is 11.5 Å². The standard InChI is InChI=1S/C19H29N3O4/c1-19(2,3)20-16(23)13-21-9-6-10-22(12-11-21)18(25)14-7-5-8-15(26-4)17(14)24/h5,7-8,24H,6,9-13H2,1-4H3,(H,20,23). The number of hydrogen-bond donors (Lipinski definition) is 2. The highest BCUT2D eigenvalue weighted by Crippen LogP contribution is 2.30. The molecule has 26 heavy (non-hydrogen) atoms. The Labute approximate surface area is 154 Å². The Balaban J connectivity index is 1.98. The molecule has 144 valence electrons. The van der Waals surface area contributed by atoms with Gasteiger partial charge < -0.3 is 20.1 Å². The van der Waals surface area contributed by atoms with Gasteiger partial charge in [0.2, 0.25) is 5.91 Å². The number of para-hydroxylation sites is 1. The Morgan fingerprint density at radius 2 is 1.92 bits per heavy atom. The molecule has 7 heteroatoms. The van der Waals surface area contributed by atoms with Crippen molar-refractivity contribution in [3.05, 3.63) is 23.8 Å². The Morgan fingerprint density at radius 1 is 1.19 bits per heavy atom. The highest BCUT2D eigenvalue weighted by atomic mass is 16.5. The fraction of sp³-hybridized carbons (Fsp3) is 0.579. The number of nitrogens with one attached hydrogen (secondary N) is 1. The third kappa shape index (κ3) is 5.36. The smallest absolute Gasteiger partial charge is 0.257 e. The van der Waals surface area contributed by atoms with Crippen molar-refractivity contribution in [2.45, 2.75) is 32.7 Å². The molecule has 1 aromatic carbocycles. The molecule has 1 fully saturated rings. The largest absolute Gasteiger partial charge is 0.504 e. The van der Waals surface area contributed by atoms with Crippen LogP contribution in [-0.2, 0) is 4.79 Å². The number of carbonyl (C=O) groups is 2. The monoisotopic (exact) mass is 363 g/mol. The van der Waals surface area contributed by atoms with E-state index in [1.54, 1.807) is 23.1 Å². The first-order valence-corrected chi connectivity index (χ1v) is 8.90. The van der Waals surface area contributed by atoms with E-state index in [9.17, 15) is 14.7 Å². The van der Waals surface area contributed by atoms with Crippen LogP contribution in [0.2, 0.25) is 0 Å². The van der Waals surface area contributed by atoms with E-state index in [1.165, 1.54) is 7.11 Å². The predicted octanol–water partition coefficient (Wildman–Crippen LogP) is 1.46. The molecule has 1 saturated heterocycles. The number of nitrogens with zero attached hydrogens (tertiary/aromatic N) is 2. The zero-order chi connectivity index (χ0) is 19.3. The second kappa shape index (κ2) is 8.40. The van der Waals surface area contributed by atoms with Gasteiger partial charge in [-0.2, -0.15) is 0 Å². The van der Waals surface area contributed by atoms with Gasteiger partial charge in [0.1, 0.15) is 0 Å². The van der Waals surface area contributed by atoms with Gasteiger partial charge in [0.15, 0.2) is 11.5 Å². The van der Waals surface area contributed by atoms with Crippen LogP contribution < -0.4 is 10.1 Å². The fourth-order valence-electron chi connectivity index (χ4n) is 3.02. The minimum Gasteiger partial charge on any atom is -0.504 e. The summed E-state index contributed by atoms with van der Waals surface area (Å²) in [6, 6.07) is 4.90. The summed E-state index contributed by atoms with van der Waals surface area (Å²) in [7, 11) is 1.45. The molecule has 0 radical (unpaired) electrons. The Bertz CT molecular complexity index is 655. The minimum atomic E-state index is -0.255. The molecule has 0 atom stereocenters. The predicted molar refractivity (Wildman–Crippen MR) is 99.5 cm³/mol. The first-order chi connectivity index (χ1) is 12.2. The van der Waals surface area contributed by atoms with Crippen LogP contribution in [-0.4, -0.2) is 72.1 Å². The Hall–Kier alpha value is -2.28. The third-order valence-corrected chi connectivity index (χ3v) is 4.21. The van der Waals surface area contributed by atoms with Gasteiger partial charge in [-0.15, -0.1) is 0 Å². The van der Waals surface area contributed by atoms with Crippen molar-refractivity contribution in [2.75, 3.05) is 39.8 Å². The van der Waals surface area contributed by atoms with Crippen LogP contribution in [0, 0.1) is 0 Å². The summed E-state index contributed by atoms with van der Waals surface area (Å²) in [5, 5.41) is 13.2. The summed E-state index contributed by atoms with van der Waals surface area (Å²) in [6.07, 6.45) is 0.777. The van der Waals surface area contributed by atoms with Gasteiger partial charge in [-0.05, 0) is 39.3 Å². The molecular weight excluding hydrogens is 334 g/mol. The molecule has 1 aliphatic rings. The van der Waals surface area contributed by atoms with Crippen molar-refractivity contribution in [2.24, 2.45) is 0 Å². The molecule has 2 rings (SSSR count). The summed E-state index contributed by atoms with van der Waals surface area (Å²) >= 11 is 0. The number of phenols is 1. The molecule has 2 amide bonds. The molecule has 7 nitrogen and oxygen atoms in total. The Morgan fingerprint density at radius 3 is 2.58 bits per heavy atom. The molecule has 2 N–H and O–H groups in total. The molecule has 0 unspecified atom stereocenters. The van der Waals surface area contributed by atoms with Crippen molar-refractivity contribution in [3.8, 4) is 11.5 Å². The first-order valence-electron chi connectivity index (χ1n) is 8.90. The lowest BCUT2D eigenvalue weighted by Gasteiger charge is -2.25.